The highest BCUT2D eigenvalue weighted by molar-refractivity contribution is 6.59. The largest absolute Gasteiger partial charge is 0.488 e. The molecule has 3 heterocycles. The van der Waals surface area contributed by atoms with Crippen molar-refractivity contribution >= 4 is 35.9 Å². The predicted octanol–water partition coefficient (Wildman–Crippen LogP) is 1.82. The van der Waals surface area contributed by atoms with Crippen molar-refractivity contribution in [3.05, 3.63) is 65.2 Å². The Balaban J connectivity index is 1.52. The van der Waals surface area contributed by atoms with E-state index in [1.807, 2.05) is 30.3 Å². The van der Waals surface area contributed by atoms with Crippen LogP contribution in [-0.4, -0.2) is 39.7 Å². The molecular weight excluding hydrogens is 377 g/mol. The van der Waals surface area contributed by atoms with Gasteiger partial charge in [0.25, 0.3) is 0 Å². The van der Waals surface area contributed by atoms with E-state index in [2.05, 4.69) is 34.6 Å². The fourth-order valence-corrected chi connectivity index (χ4v) is 4.41. The summed E-state index contributed by atoms with van der Waals surface area (Å²) in [5.41, 5.74) is 4.72. The maximum Gasteiger partial charge on any atom is 0.488 e. The van der Waals surface area contributed by atoms with Crippen molar-refractivity contribution in [3.8, 4) is 0 Å². The first kappa shape index (κ1) is 18.9. The number of aromatic nitrogens is 2. The summed E-state index contributed by atoms with van der Waals surface area (Å²) < 4.78 is 0. The first-order valence-corrected chi connectivity index (χ1v) is 10.3. The molecule has 3 aromatic rings. The number of nitrogens with zero attached hydrogens (tertiary/aromatic N) is 3. The molecule has 8 heteroatoms. The third kappa shape index (κ3) is 3.28. The van der Waals surface area contributed by atoms with E-state index in [0.29, 0.717) is 24.4 Å². The molecule has 1 unspecified atom stereocenters. The number of anilines is 4. The smallest absolute Gasteiger partial charge is 0.423 e. The molecule has 30 heavy (non-hydrogen) atoms. The quantitative estimate of drug-likeness (QED) is 0.485. The number of hydrogen-bond acceptors (Lipinski definition) is 7. The lowest BCUT2D eigenvalue weighted by Crippen LogP contribution is -2.32. The molecule has 0 saturated carbocycles. The minimum atomic E-state index is -1.49. The van der Waals surface area contributed by atoms with Gasteiger partial charge in [-0.3, -0.25) is 0 Å². The first-order valence-electron chi connectivity index (χ1n) is 10.3. The van der Waals surface area contributed by atoms with Crippen molar-refractivity contribution < 1.29 is 10.0 Å². The van der Waals surface area contributed by atoms with E-state index in [1.165, 1.54) is 5.56 Å². The maximum atomic E-state index is 9.77. The molecule has 0 fully saturated rings. The minimum absolute atomic E-state index is 0.112. The molecule has 1 aromatic heterocycles. The van der Waals surface area contributed by atoms with Crippen molar-refractivity contribution in [2.75, 3.05) is 22.1 Å². The van der Waals surface area contributed by atoms with Crippen LogP contribution in [0.3, 0.4) is 0 Å². The molecule has 4 N–H and O–H groups in total. The van der Waals surface area contributed by atoms with Gasteiger partial charge in [-0.15, -0.1) is 0 Å². The van der Waals surface area contributed by atoms with Crippen molar-refractivity contribution in [3.63, 3.8) is 0 Å². The Bertz CT molecular complexity index is 1080. The Morgan fingerprint density at radius 3 is 2.73 bits per heavy atom. The van der Waals surface area contributed by atoms with E-state index in [0.717, 1.165) is 41.4 Å². The molecule has 2 aromatic carbocycles. The lowest BCUT2D eigenvalue weighted by molar-refractivity contribution is 0.425. The topological polar surface area (TPSA) is 93.5 Å². The van der Waals surface area contributed by atoms with Crippen LogP contribution < -0.4 is 21.0 Å². The van der Waals surface area contributed by atoms with E-state index in [-0.39, 0.29) is 6.04 Å². The summed E-state index contributed by atoms with van der Waals surface area (Å²) in [6.07, 6.45) is 1.60. The Kier molecular flexibility index (Phi) is 4.80. The van der Waals surface area contributed by atoms with Gasteiger partial charge < -0.3 is 25.6 Å². The lowest BCUT2D eigenvalue weighted by Gasteiger charge is -2.24. The van der Waals surface area contributed by atoms with Crippen LogP contribution >= 0.6 is 0 Å². The van der Waals surface area contributed by atoms with Crippen LogP contribution in [0, 0.1) is 0 Å². The van der Waals surface area contributed by atoms with Gasteiger partial charge in [0, 0.05) is 30.4 Å². The van der Waals surface area contributed by atoms with Gasteiger partial charge in [-0.05, 0) is 42.4 Å². The second-order valence-electron chi connectivity index (χ2n) is 7.86. The Hall–Kier alpha value is -3.10. The average Bonchev–Trinajstić information content (AvgIpc) is 3.35. The Morgan fingerprint density at radius 2 is 1.93 bits per heavy atom. The van der Waals surface area contributed by atoms with Crippen LogP contribution in [0.4, 0.5) is 23.3 Å². The van der Waals surface area contributed by atoms with E-state index in [9.17, 15) is 10.0 Å². The zero-order valence-electron chi connectivity index (χ0n) is 16.8. The second kappa shape index (κ2) is 7.62. The SMILES string of the molecule is CC1Cc2c(B(O)O)cccc2N1c1nc2c(c(NCc3ccccc3)n1)CCN2. The van der Waals surface area contributed by atoms with Gasteiger partial charge in [-0.2, -0.15) is 9.97 Å². The molecule has 0 saturated heterocycles. The molecule has 1 atom stereocenters. The van der Waals surface area contributed by atoms with Crippen molar-refractivity contribution in [2.45, 2.75) is 32.4 Å². The van der Waals surface area contributed by atoms with Crippen LogP contribution in [0.1, 0.15) is 23.6 Å². The van der Waals surface area contributed by atoms with Gasteiger partial charge in [0.1, 0.15) is 11.6 Å². The van der Waals surface area contributed by atoms with Crippen LogP contribution in [-0.2, 0) is 19.4 Å². The third-order valence-electron chi connectivity index (χ3n) is 5.85. The van der Waals surface area contributed by atoms with E-state index < -0.39 is 7.12 Å². The fourth-order valence-electron chi connectivity index (χ4n) is 4.41. The minimum Gasteiger partial charge on any atom is -0.423 e. The highest BCUT2D eigenvalue weighted by Crippen LogP contribution is 2.38. The van der Waals surface area contributed by atoms with E-state index in [4.69, 9.17) is 9.97 Å². The second-order valence-corrected chi connectivity index (χ2v) is 7.86. The number of hydrogen-bond donors (Lipinski definition) is 4. The van der Waals surface area contributed by atoms with Gasteiger partial charge >= 0.3 is 7.12 Å². The van der Waals surface area contributed by atoms with Crippen LogP contribution in [0.15, 0.2) is 48.5 Å². The van der Waals surface area contributed by atoms with Crippen molar-refractivity contribution in [1.82, 2.24) is 9.97 Å². The highest BCUT2D eigenvalue weighted by atomic mass is 16.4. The molecule has 0 spiro atoms. The van der Waals surface area contributed by atoms with Gasteiger partial charge in [-0.1, -0.05) is 42.5 Å². The molecule has 0 bridgehead atoms. The number of rotatable bonds is 5. The summed E-state index contributed by atoms with van der Waals surface area (Å²) in [6, 6.07) is 16.0. The summed E-state index contributed by atoms with van der Waals surface area (Å²) >= 11 is 0. The van der Waals surface area contributed by atoms with Gasteiger partial charge in [0.05, 0.1) is 0 Å². The summed E-state index contributed by atoms with van der Waals surface area (Å²) in [4.78, 5) is 11.8. The first-order chi connectivity index (χ1) is 14.6. The molecule has 5 rings (SSSR count). The van der Waals surface area contributed by atoms with Gasteiger partial charge in [0.2, 0.25) is 5.95 Å². The Labute approximate surface area is 176 Å². The zero-order valence-corrected chi connectivity index (χ0v) is 16.8. The summed E-state index contributed by atoms with van der Waals surface area (Å²) in [6.45, 7) is 3.64. The van der Waals surface area contributed by atoms with Crippen molar-refractivity contribution in [2.24, 2.45) is 0 Å². The summed E-state index contributed by atoms with van der Waals surface area (Å²) in [5.74, 6) is 2.34. The molecule has 152 valence electrons. The molecule has 0 radical (unpaired) electrons. The molecular formula is C22H24BN5O2. The summed E-state index contributed by atoms with van der Waals surface area (Å²) in [5, 5.41) is 26.4. The molecule has 7 nitrogen and oxygen atoms in total. The average molecular weight is 401 g/mol. The highest BCUT2D eigenvalue weighted by Gasteiger charge is 2.34. The number of benzene rings is 2. The van der Waals surface area contributed by atoms with Crippen LogP contribution in [0.5, 0.6) is 0 Å². The molecule has 2 aliphatic heterocycles. The number of nitrogens with one attached hydrogen (secondary N) is 2. The van der Waals surface area contributed by atoms with Crippen LogP contribution in [0.2, 0.25) is 0 Å². The fraction of sp³-hybridized carbons (Fsp3) is 0.273. The maximum absolute atomic E-state index is 9.77. The number of fused-ring (bicyclic) bond motifs is 2. The lowest BCUT2D eigenvalue weighted by atomic mass is 9.76. The zero-order chi connectivity index (χ0) is 20.7. The standard InChI is InChI=1S/C22H24BN5O2/c1-14-12-17-18(23(29)30)8-5-9-19(17)28(14)22-26-20-16(10-11-24-20)21(27-22)25-13-15-6-3-2-4-7-15/h2-9,14,29-30H,10-13H2,1H3,(H2,24,25,26,27). The normalized spacial score (nSPS) is 16.8. The molecule has 0 aliphatic carbocycles. The van der Waals surface area contributed by atoms with Gasteiger partial charge in [-0.25, -0.2) is 0 Å². The van der Waals surface area contributed by atoms with Crippen molar-refractivity contribution in [1.29, 1.82) is 0 Å². The van der Waals surface area contributed by atoms with E-state index >= 15 is 0 Å². The molecule has 0 amide bonds. The predicted molar refractivity (Wildman–Crippen MR) is 120 cm³/mol. The van der Waals surface area contributed by atoms with Gasteiger partial charge in [0.15, 0.2) is 0 Å². The molecule has 2 aliphatic rings. The summed E-state index contributed by atoms with van der Waals surface area (Å²) in [7, 11) is -1.49. The Morgan fingerprint density at radius 1 is 1.10 bits per heavy atom. The van der Waals surface area contributed by atoms with E-state index in [1.54, 1.807) is 6.07 Å². The third-order valence-corrected chi connectivity index (χ3v) is 5.85. The van der Waals surface area contributed by atoms with Crippen LogP contribution in [0.25, 0.3) is 0 Å². The monoisotopic (exact) mass is 401 g/mol.